The number of hydrogen-bond donors (Lipinski definition) is 0. The molecule has 2 heterocycles. The first-order chi connectivity index (χ1) is 10.6. The van der Waals surface area contributed by atoms with Gasteiger partial charge < -0.3 is 9.64 Å². The van der Waals surface area contributed by atoms with Crippen LogP contribution in [0.2, 0.25) is 0 Å². The minimum Gasteiger partial charge on any atom is -0.378 e. The highest BCUT2D eigenvalue weighted by Crippen LogP contribution is 2.38. The second-order valence-electron chi connectivity index (χ2n) is 4.42. The number of aromatic nitrogens is 2. The van der Waals surface area contributed by atoms with Gasteiger partial charge in [0.1, 0.15) is 5.82 Å². The van der Waals surface area contributed by atoms with Crippen molar-refractivity contribution in [2.24, 2.45) is 0 Å². The smallest absolute Gasteiger partial charge is 0.286 e. The molecule has 0 atom stereocenters. The van der Waals surface area contributed by atoms with Crippen molar-refractivity contribution in [3.05, 3.63) is 34.1 Å². The molecule has 1 aliphatic rings. The normalized spacial score (nSPS) is 15.0. The first-order valence-corrected chi connectivity index (χ1v) is 8.05. The number of halogens is 1. The second kappa shape index (κ2) is 6.55. The highest BCUT2D eigenvalue weighted by molar-refractivity contribution is 8.01. The molecule has 7 nitrogen and oxygen atoms in total. The molecule has 2 aromatic rings. The van der Waals surface area contributed by atoms with E-state index >= 15 is 0 Å². The van der Waals surface area contributed by atoms with Crippen LogP contribution in [0.5, 0.6) is 0 Å². The molecule has 0 aliphatic carbocycles. The lowest BCUT2D eigenvalue weighted by molar-refractivity contribution is -0.387. The van der Waals surface area contributed by atoms with Crippen molar-refractivity contribution in [2.45, 2.75) is 9.24 Å². The number of ether oxygens (including phenoxy) is 1. The number of nitrogens with zero attached hydrogens (tertiary/aromatic N) is 4. The number of nitro groups is 1. The Balaban J connectivity index is 1.79. The van der Waals surface area contributed by atoms with Crippen LogP contribution in [0.1, 0.15) is 0 Å². The van der Waals surface area contributed by atoms with E-state index in [2.05, 4.69) is 15.1 Å². The van der Waals surface area contributed by atoms with Crippen LogP contribution in [0.15, 0.2) is 27.4 Å². The van der Waals surface area contributed by atoms with Crippen molar-refractivity contribution in [1.82, 2.24) is 10.2 Å². The molecule has 0 amide bonds. The third kappa shape index (κ3) is 3.34. The van der Waals surface area contributed by atoms with Crippen LogP contribution in [0.3, 0.4) is 0 Å². The van der Waals surface area contributed by atoms with Crippen LogP contribution >= 0.6 is 23.1 Å². The third-order valence-corrected chi connectivity index (χ3v) is 5.09. The van der Waals surface area contributed by atoms with Crippen LogP contribution in [0, 0.1) is 15.9 Å². The Bertz CT molecular complexity index is 691. The lowest BCUT2D eigenvalue weighted by atomic mass is 10.3. The van der Waals surface area contributed by atoms with Gasteiger partial charge in [-0.2, -0.15) is 0 Å². The number of benzene rings is 1. The molecule has 0 N–H and O–H groups in total. The van der Waals surface area contributed by atoms with E-state index in [1.54, 1.807) is 0 Å². The van der Waals surface area contributed by atoms with Gasteiger partial charge in [0.05, 0.1) is 29.1 Å². The zero-order chi connectivity index (χ0) is 15.5. The molecule has 1 fully saturated rings. The Kier molecular flexibility index (Phi) is 4.50. The van der Waals surface area contributed by atoms with Gasteiger partial charge in [-0.3, -0.25) is 10.1 Å². The summed E-state index contributed by atoms with van der Waals surface area (Å²) in [6.07, 6.45) is 0. The molecular weight excluding hydrogens is 331 g/mol. The molecule has 0 unspecified atom stereocenters. The molecule has 116 valence electrons. The third-order valence-electron chi connectivity index (χ3n) is 2.99. The molecule has 0 saturated carbocycles. The van der Waals surface area contributed by atoms with Gasteiger partial charge in [-0.1, -0.05) is 11.3 Å². The van der Waals surface area contributed by atoms with Crippen molar-refractivity contribution >= 4 is 33.9 Å². The van der Waals surface area contributed by atoms with Crippen molar-refractivity contribution in [1.29, 1.82) is 0 Å². The minimum atomic E-state index is -0.637. The van der Waals surface area contributed by atoms with E-state index in [9.17, 15) is 14.5 Å². The van der Waals surface area contributed by atoms with E-state index in [0.717, 1.165) is 36.0 Å². The van der Waals surface area contributed by atoms with Crippen molar-refractivity contribution < 1.29 is 14.1 Å². The summed E-state index contributed by atoms with van der Waals surface area (Å²) in [5, 5.41) is 19.9. The topological polar surface area (TPSA) is 81.4 Å². The molecule has 0 spiro atoms. The number of anilines is 1. The first kappa shape index (κ1) is 15.1. The fourth-order valence-corrected chi connectivity index (χ4v) is 3.87. The fourth-order valence-electron chi connectivity index (χ4n) is 1.94. The van der Waals surface area contributed by atoms with Crippen LogP contribution in [0.4, 0.5) is 15.2 Å². The van der Waals surface area contributed by atoms with Gasteiger partial charge in [0, 0.05) is 13.1 Å². The van der Waals surface area contributed by atoms with E-state index in [0.29, 0.717) is 22.4 Å². The highest BCUT2D eigenvalue weighted by atomic mass is 32.2. The number of hydrogen-bond acceptors (Lipinski definition) is 8. The van der Waals surface area contributed by atoms with Crippen LogP contribution in [-0.4, -0.2) is 41.4 Å². The Morgan fingerprint density at radius 3 is 2.86 bits per heavy atom. The Morgan fingerprint density at radius 1 is 1.36 bits per heavy atom. The Hall–Kier alpha value is -1.78. The molecule has 3 rings (SSSR count). The van der Waals surface area contributed by atoms with Gasteiger partial charge in [-0.05, 0) is 23.9 Å². The van der Waals surface area contributed by atoms with Crippen molar-refractivity contribution in [2.75, 3.05) is 31.2 Å². The lowest BCUT2D eigenvalue weighted by Crippen LogP contribution is -2.36. The SMILES string of the molecule is O=[N+]([O-])c1cc(F)ccc1Sc1nnc(N2CCOCC2)s1. The molecule has 1 saturated heterocycles. The average Bonchev–Trinajstić information content (AvgIpc) is 2.98. The van der Waals surface area contributed by atoms with E-state index < -0.39 is 10.7 Å². The van der Waals surface area contributed by atoms with Gasteiger partial charge in [-0.15, -0.1) is 10.2 Å². The van der Waals surface area contributed by atoms with E-state index in [1.807, 2.05) is 0 Å². The predicted octanol–water partition coefficient (Wildman–Crippen LogP) is 2.57. The standard InChI is InChI=1S/C12H11FN4O3S2/c13-8-1-2-10(9(7-8)17(18)19)21-12-15-14-11(22-12)16-3-5-20-6-4-16/h1-2,7H,3-6H2. The Morgan fingerprint density at radius 2 is 2.14 bits per heavy atom. The van der Waals surface area contributed by atoms with E-state index in [1.165, 1.54) is 23.5 Å². The highest BCUT2D eigenvalue weighted by Gasteiger charge is 2.20. The van der Waals surface area contributed by atoms with Crippen LogP contribution < -0.4 is 4.90 Å². The molecular formula is C12H11FN4O3S2. The molecule has 22 heavy (non-hydrogen) atoms. The molecule has 1 aromatic carbocycles. The predicted molar refractivity (Wildman–Crippen MR) is 80.1 cm³/mol. The number of morpholine rings is 1. The van der Waals surface area contributed by atoms with Crippen molar-refractivity contribution in [3.8, 4) is 0 Å². The minimum absolute atomic E-state index is 0.270. The lowest BCUT2D eigenvalue weighted by Gasteiger charge is -2.25. The summed E-state index contributed by atoms with van der Waals surface area (Å²) < 4.78 is 19.0. The van der Waals surface area contributed by atoms with Gasteiger partial charge >= 0.3 is 0 Å². The molecule has 1 aliphatic heterocycles. The second-order valence-corrected chi connectivity index (χ2v) is 6.67. The van der Waals surface area contributed by atoms with E-state index in [4.69, 9.17) is 4.74 Å². The average molecular weight is 342 g/mol. The first-order valence-electron chi connectivity index (χ1n) is 6.41. The number of rotatable bonds is 4. The fraction of sp³-hybridized carbons (Fsp3) is 0.333. The molecule has 1 aromatic heterocycles. The van der Waals surface area contributed by atoms with Crippen molar-refractivity contribution in [3.63, 3.8) is 0 Å². The Labute approximate surface area is 133 Å². The maximum absolute atomic E-state index is 13.1. The van der Waals surface area contributed by atoms with Crippen LogP contribution in [-0.2, 0) is 4.74 Å². The van der Waals surface area contributed by atoms with Crippen LogP contribution in [0.25, 0.3) is 0 Å². The maximum atomic E-state index is 13.1. The summed E-state index contributed by atoms with van der Waals surface area (Å²) in [6, 6.07) is 3.49. The summed E-state index contributed by atoms with van der Waals surface area (Å²) in [5.41, 5.74) is -0.270. The summed E-state index contributed by atoms with van der Waals surface area (Å²) in [5.74, 6) is -0.637. The van der Waals surface area contributed by atoms with Gasteiger partial charge in [0.25, 0.3) is 5.69 Å². The zero-order valence-electron chi connectivity index (χ0n) is 11.3. The largest absolute Gasteiger partial charge is 0.378 e. The monoisotopic (exact) mass is 342 g/mol. The van der Waals surface area contributed by atoms with E-state index in [-0.39, 0.29) is 5.69 Å². The summed E-state index contributed by atoms with van der Waals surface area (Å²) >= 11 is 2.47. The van der Waals surface area contributed by atoms with Gasteiger partial charge in [-0.25, -0.2) is 4.39 Å². The van der Waals surface area contributed by atoms with Gasteiger partial charge in [0.2, 0.25) is 5.13 Å². The number of nitro benzene ring substituents is 1. The van der Waals surface area contributed by atoms with Gasteiger partial charge in [0.15, 0.2) is 4.34 Å². The maximum Gasteiger partial charge on any atom is 0.286 e. The summed E-state index contributed by atoms with van der Waals surface area (Å²) in [4.78, 5) is 12.8. The molecule has 0 bridgehead atoms. The summed E-state index contributed by atoms with van der Waals surface area (Å²) in [6.45, 7) is 2.78. The summed E-state index contributed by atoms with van der Waals surface area (Å²) in [7, 11) is 0. The zero-order valence-corrected chi connectivity index (χ0v) is 12.9. The molecule has 0 radical (unpaired) electrons. The quantitative estimate of drug-likeness (QED) is 0.624. The molecule has 10 heteroatoms.